The van der Waals surface area contributed by atoms with E-state index >= 15 is 0 Å². The van der Waals surface area contributed by atoms with E-state index in [0.717, 1.165) is 12.0 Å². The van der Waals surface area contributed by atoms with E-state index in [1.807, 2.05) is 6.92 Å². The summed E-state index contributed by atoms with van der Waals surface area (Å²) in [5.41, 5.74) is 7.41. The molecule has 0 bridgehead atoms. The van der Waals surface area contributed by atoms with Crippen molar-refractivity contribution >= 4 is 12.4 Å². The van der Waals surface area contributed by atoms with Gasteiger partial charge in [-0.05, 0) is 31.0 Å². The number of hydrogen-bond acceptors (Lipinski definition) is 4. The zero-order valence-corrected chi connectivity index (χ0v) is 13.8. The predicted octanol–water partition coefficient (Wildman–Crippen LogP) is 2.48. The van der Waals surface area contributed by atoms with E-state index in [1.54, 1.807) is 24.5 Å². The number of aromatic nitrogens is 2. The van der Waals surface area contributed by atoms with Gasteiger partial charge < -0.3 is 15.2 Å². The van der Waals surface area contributed by atoms with Crippen LogP contribution >= 0.6 is 12.4 Å². The van der Waals surface area contributed by atoms with Crippen LogP contribution in [0.25, 0.3) is 5.69 Å². The van der Waals surface area contributed by atoms with E-state index in [-0.39, 0.29) is 30.2 Å². The van der Waals surface area contributed by atoms with Gasteiger partial charge in [0, 0.05) is 30.8 Å². The van der Waals surface area contributed by atoms with Crippen molar-refractivity contribution in [2.75, 3.05) is 19.8 Å². The van der Waals surface area contributed by atoms with Gasteiger partial charge in [0.15, 0.2) is 5.82 Å². The van der Waals surface area contributed by atoms with Crippen molar-refractivity contribution in [2.45, 2.75) is 19.4 Å². The third kappa shape index (κ3) is 4.22. The summed E-state index contributed by atoms with van der Waals surface area (Å²) in [7, 11) is 0. The van der Waals surface area contributed by atoms with E-state index < -0.39 is 0 Å². The van der Waals surface area contributed by atoms with E-state index in [1.165, 1.54) is 10.7 Å². The summed E-state index contributed by atoms with van der Waals surface area (Å²) in [6.07, 6.45) is 4.30. The highest BCUT2D eigenvalue weighted by Crippen LogP contribution is 2.21. The Kier molecular flexibility index (Phi) is 5.98. The molecule has 3 rings (SSSR count). The molecule has 2 unspecified atom stereocenters. The van der Waals surface area contributed by atoms with Crippen molar-refractivity contribution in [3.63, 3.8) is 0 Å². The van der Waals surface area contributed by atoms with Gasteiger partial charge in [-0.15, -0.1) is 12.4 Å². The van der Waals surface area contributed by atoms with Crippen LogP contribution in [-0.2, 0) is 4.74 Å². The fraction of sp³-hybridized carbons (Fsp3) is 0.438. The van der Waals surface area contributed by atoms with Gasteiger partial charge in [0.2, 0.25) is 0 Å². The number of nitrogens with zero attached hydrogens (tertiary/aromatic N) is 2. The highest BCUT2D eigenvalue weighted by Gasteiger charge is 2.23. The largest absolute Gasteiger partial charge is 0.493 e. The molecule has 2 atom stereocenters. The molecule has 23 heavy (non-hydrogen) atoms. The maximum atomic E-state index is 14.2. The van der Waals surface area contributed by atoms with Crippen LogP contribution in [0.5, 0.6) is 5.75 Å². The first-order valence-corrected chi connectivity index (χ1v) is 7.41. The fourth-order valence-electron chi connectivity index (χ4n) is 2.50. The van der Waals surface area contributed by atoms with Crippen molar-refractivity contribution in [3.05, 3.63) is 42.0 Å². The lowest BCUT2D eigenvalue weighted by Gasteiger charge is -2.28. The Morgan fingerprint density at radius 1 is 1.48 bits per heavy atom. The molecule has 2 aromatic rings. The molecule has 2 N–H and O–H groups in total. The second kappa shape index (κ2) is 7.77. The van der Waals surface area contributed by atoms with Crippen molar-refractivity contribution in [1.29, 1.82) is 0 Å². The standard InChI is InChI=1S/C16H20FN3O2.ClH/c1-11-7-19-20(8-11)16-3-2-13(6-14(16)17)22-10-12-9-21-5-4-15(12)18;/h2-3,6-8,12,15H,4-5,9-10,18H2,1H3;1H. The molecule has 5 nitrogen and oxygen atoms in total. The molecule has 0 amide bonds. The normalized spacial score (nSPS) is 20.8. The first kappa shape index (κ1) is 17.7. The quantitative estimate of drug-likeness (QED) is 0.928. The molecule has 1 aliphatic heterocycles. The molecule has 1 fully saturated rings. The third-order valence-corrected chi connectivity index (χ3v) is 3.87. The SMILES string of the molecule is Cc1cnn(-c2ccc(OCC3COCCC3N)cc2F)c1.Cl. The number of nitrogens with two attached hydrogens (primary N) is 1. The van der Waals surface area contributed by atoms with Gasteiger partial charge in [-0.2, -0.15) is 5.10 Å². The summed E-state index contributed by atoms with van der Waals surface area (Å²) in [5.74, 6) is 0.262. The molecular weight excluding hydrogens is 321 g/mol. The minimum atomic E-state index is -0.371. The molecule has 1 aliphatic rings. The number of rotatable bonds is 4. The van der Waals surface area contributed by atoms with Crippen molar-refractivity contribution in [3.8, 4) is 11.4 Å². The van der Waals surface area contributed by atoms with Crippen molar-refractivity contribution < 1.29 is 13.9 Å². The lowest BCUT2D eigenvalue weighted by molar-refractivity contribution is 0.0226. The maximum Gasteiger partial charge on any atom is 0.152 e. The Morgan fingerprint density at radius 3 is 2.96 bits per heavy atom. The Balaban J connectivity index is 0.00000192. The van der Waals surface area contributed by atoms with Gasteiger partial charge in [0.1, 0.15) is 11.4 Å². The highest BCUT2D eigenvalue weighted by molar-refractivity contribution is 5.85. The first-order chi connectivity index (χ1) is 10.6. The van der Waals surface area contributed by atoms with E-state index in [2.05, 4.69) is 5.10 Å². The zero-order valence-electron chi connectivity index (χ0n) is 12.9. The van der Waals surface area contributed by atoms with Gasteiger partial charge in [-0.25, -0.2) is 9.07 Å². The highest BCUT2D eigenvalue weighted by atomic mass is 35.5. The molecule has 7 heteroatoms. The number of halogens is 2. The second-order valence-corrected chi connectivity index (χ2v) is 5.67. The van der Waals surface area contributed by atoms with Gasteiger partial charge >= 0.3 is 0 Å². The van der Waals surface area contributed by atoms with E-state index in [4.69, 9.17) is 15.2 Å². The Labute approximate surface area is 141 Å². The number of benzene rings is 1. The van der Waals surface area contributed by atoms with Crippen LogP contribution in [0.2, 0.25) is 0 Å². The van der Waals surface area contributed by atoms with Crippen LogP contribution in [0.1, 0.15) is 12.0 Å². The molecule has 0 saturated carbocycles. The summed E-state index contributed by atoms with van der Waals surface area (Å²) >= 11 is 0. The topological polar surface area (TPSA) is 62.3 Å². The average Bonchev–Trinajstić information content (AvgIpc) is 2.93. The number of ether oxygens (including phenoxy) is 2. The molecule has 1 aromatic carbocycles. The molecule has 0 radical (unpaired) electrons. The summed E-state index contributed by atoms with van der Waals surface area (Å²) in [6, 6.07) is 4.85. The summed E-state index contributed by atoms with van der Waals surface area (Å²) in [6.45, 7) is 3.63. The fourth-order valence-corrected chi connectivity index (χ4v) is 2.50. The summed E-state index contributed by atoms with van der Waals surface area (Å²) in [4.78, 5) is 0. The zero-order chi connectivity index (χ0) is 15.5. The van der Waals surface area contributed by atoms with Crippen LogP contribution in [-0.4, -0.2) is 35.6 Å². The Hall–Kier alpha value is -1.63. The summed E-state index contributed by atoms with van der Waals surface area (Å²) in [5, 5.41) is 4.11. The average molecular weight is 342 g/mol. The monoisotopic (exact) mass is 341 g/mol. The Bertz CT molecular complexity index is 650. The smallest absolute Gasteiger partial charge is 0.152 e. The van der Waals surface area contributed by atoms with Gasteiger partial charge in [-0.3, -0.25) is 0 Å². The molecule has 1 aromatic heterocycles. The predicted molar refractivity (Wildman–Crippen MR) is 87.9 cm³/mol. The van der Waals surface area contributed by atoms with Crippen LogP contribution in [0, 0.1) is 18.7 Å². The second-order valence-electron chi connectivity index (χ2n) is 5.67. The van der Waals surface area contributed by atoms with Gasteiger partial charge in [-0.1, -0.05) is 0 Å². The minimum Gasteiger partial charge on any atom is -0.493 e. The van der Waals surface area contributed by atoms with Gasteiger partial charge in [0.25, 0.3) is 0 Å². The first-order valence-electron chi connectivity index (χ1n) is 7.41. The van der Waals surface area contributed by atoms with E-state index in [0.29, 0.717) is 31.3 Å². The third-order valence-electron chi connectivity index (χ3n) is 3.87. The van der Waals surface area contributed by atoms with Crippen LogP contribution < -0.4 is 10.5 Å². The minimum absolute atomic E-state index is 0. The number of hydrogen-bond donors (Lipinski definition) is 1. The number of aryl methyl sites for hydroxylation is 1. The molecule has 1 saturated heterocycles. The molecular formula is C16H21ClFN3O2. The Morgan fingerprint density at radius 2 is 2.30 bits per heavy atom. The van der Waals surface area contributed by atoms with Crippen LogP contribution in [0.3, 0.4) is 0 Å². The van der Waals surface area contributed by atoms with Crippen molar-refractivity contribution in [1.82, 2.24) is 9.78 Å². The van der Waals surface area contributed by atoms with Crippen LogP contribution in [0.4, 0.5) is 4.39 Å². The van der Waals surface area contributed by atoms with Gasteiger partial charge in [0.05, 0.1) is 19.4 Å². The van der Waals surface area contributed by atoms with E-state index in [9.17, 15) is 4.39 Å². The van der Waals surface area contributed by atoms with Crippen LogP contribution in [0.15, 0.2) is 30.6 Å². The molecule has 0 aliphatic carbocycles. The molecule has 126 valence electrons. The van der Waals surface area contributed by atoms with Crippen molar-refractivity contribution in [2.24, 2.45) is 11.7 Å². The summed E-state index contributed by atoms with van der Waals surface area (Å²) < 4.78 is 26.8. The molecule has 0 spiro atoms. The maximum absolute atomic E-state index is 14.2. The lowest BCUT2D eigenvalue weighted by atomic mass is 9.98. The molecule has 2 heterocycles. The lowest BCUT2D eigenvalue weighted by Crippen LogP contribution is -2.41.